The fraction of sp³-hybridized carbons (Fsp3) is 0.381. The fourth-order valence-corrected chi connectivity index (χ4v) is 3.84. The molecule has 0 unspecified atom stereocenters. The number of carbonyl (C=O) groups is 1. The number of ether oxygens (including phenoxy) is 1. The number of nitrogens with zero attached hydrogens (tertiary/aromatic N) is 1. The summed E-state index contributed by atoms with van der Waals surface area (Å²) in [6.45, 7) is 3.76. The monoisotopic (exact) mass is 336 g/mol. The van der Waals surface area contributed by atoms with Crippen molar-refractivity contribution in [2.75, 3.05) is 19.6 Å². The molecule has 0 spiro atoms. The largest absolute Gasteiger partial charge is 0.487 e. The van der Waals surface area contributed by atoms with Crippen molar-refractivity contribution in [3.63, 3.8) is 0 Å². The van der Waals surface area contributed by atoms with Gasteiger partial charge in [0.2, 0.25) is 0 Å². The summed E-state index contributed by atoms with van der Waals surface area (Å²) >= 11 is 0. The number of carbonyl (C=O) groups excluding carboxylic acids is 1. The second-order valence-corrected chi connectivity index (χ2v) is 6.96. The maximum absolute atomic E-state index is 12.2. The molecule has 130 valence electrons. The Morgan fingerprint density at radius 2 is 1.72 bits per heavy atom. The molecule has 4 nitrogen and oxygen atoms in total. The van der Waals surface area contributed by atoms with Gasteiger partial charge in [0.25, 0.3) is 5.91 Å². The van der Waals surface area contributed by atoms with E-state index in [0.29, 0.717) is 23.8 Å². The minimum Gasteiger partial charge on any atom is -0.487 e. The summed E-state index contributed by atoms with van der Waals surface area (Å²) in [4.78, 5) is 14.7. The molecular weight excluding hydrogens is 312 g/mol. The summed E-state index contributed by atoms with van der Waals surface area (Å²) in [5, 5.41) is 3.02. The quantitative estimate of drug-likeness (QED) is 0.936. The van der Waals surface area contributed by atoms with Crippen molar-refractivity contribution in [1.29, 1.82) is 0 Å². The van der Waals surface area contributed by atoms with E-state index in [1.807, 2.05) is 24.3 Å². The molecule has 1 atom stereocenters. The summed E-state index contributed by atoms with van der Waals surface area (Å²) in [6, 6.07) is 18.2. The van der Waals surface area contributed by atoms with Crippen LogP contribution < -0.4 is 10.1 Å². The summed E-state index contributed by atoms with van der Waals surface area (Å²) in [6.07, 6.45) is 2.27. The Bertz CT molecular complexity index is 724. The molecule has 4 heteroatoms. The maximum Gasteiger partial charge on any atom is 0.255 e. The molecule has 0 saturated carbocycles. The van der Waals surface area contributed by atoms with Crippen molar-refractivity contribution in [2.45, 2.75) is 25.5 Å². The minimum absolute atomic E-state index is 0.0281. The van der Waals surface area contributed by atoms with Gasteiger partial charge in [0.1, 0.15) is 11.9 Å². The number of benzene rings is 2. The second kappa shape index (κ2) is 7.28. The van der Waals surface area contributed by atoms with Crippen molar-refractivity contribution >= 4 is 5.91 Å². The molecular formula is C21H24N2O2. The van der Waals surface area contributed by atoms with Gasteiger partial charge in [0, 0.05) is 12.5 Å². The van der Waals surface area contributed by atoms with Crippen molar-refractivity contribution in [3.8, 4) is 5.75 Å². The lowest BCUT2D eigenvalue weighted by Gasteiger charge is -2.35. The van der Waals surface area contributed by atoms with Crippen LogP contribution in [0.5, 0.6) is 5.75 Å². The van der Waals surface area contributed by atoms with Gasteiger partial charge < -0.3 is 10.1 Å². The number of amides is 1. The van der Waals surface area contributed by atoms with Crippen LogP contribution in [0.2, 0.25) is 0 Å². The molecule has 2 aromatic rings. The number of piperidine rings is 1. The topological polar surface area (TPSA) is 41.6 Å². The Kier molecular flexibility index (Phi) is 4.70. The van der Waals surface area contributed by atoms with Crippen LogP contribution in [0, 0.1) is 5.92 Å². The van der Waals surface area contributed by atoms with Gasteiger partial charge >= 0.3 is 0 Å². The number of likely N-dealkylation sites (tertiary alicyclic amines) is 1. The first-order valence-electron chi connectivity index (χ1n) is 9.10. The predicted molar refractivity (Wildman–Crippen MR) is 97.6 cm³/mol. The van der Waals surface area contributed by atoms with E-state index in [9.17, 15) is 4.79 Å². The normalized spacial score (nSPS) is 21.8. The number of hydrogen-bond donors (Lipinski definition) is 1. The first-order valence-corrected chi connectivity index (χ1v) is 9.10. The number of hydrogen-bond acceptors (Lipinski definition) is 3. The lowest BCUT2D eigenvalue weighted by Crippen LogP contribution is -2.43. The van der Waals surface area contributed by atoms with E-state index in [1.54, 1.807) is 0 Å². The molecule has 2 aliphatic rings. The van der Waals surface area contributed by atoms with E-state index < -0.39 is 0 Å². The van der Waals surface area contributed by atoms with Crippen LogP contribution in [0.3, 0.4) is 0 Å². The molecule has 1 fully saturated rings. The molecule has 0 bridgehead atoms. The standard InChI is InChI=1S/C21H24N2O2/c24-21-18-8-4-5-9-19(18)25-20(14-22-21)17-10-12-23(13-11-17)15-16-6-2-1-3-7-16/h1-9,17,20H,10-15H2,(H,22,24)/t20-/m1/s1. The highest BCUT2D eigenvalue weighted by Gasteiger charge is 2.31. The molecule has 2 heterocycles. The molecule has 0 aromatic heterocycles. The molecule has 1 N–H and O–H groups in total. The molecule has 4 rings (SSSR count). The lowest BCUT2D eigenvalue weighted by atomic mass is 9.90. The van der Waals surface area contributed by atoms with E-state index in [1.165, 1.54) is 5.56 Å². The minimum atomic E-state index is -0.0281. The van der Waals surface area contributed by atoms with Crippen molar-refractivity contribution in [3.05, 3.63) is 65.7 Å². The molecule has 1 amide bonds. The fourth-order valence-electron chi connectivity index (χ4n) is 3.84. The predicted octanol–water partition coefficient (Wildman–Crippen LogP) is 3.09. The van der Waals surface area contributed by atoms with Gasteiger partial charge in [-0.05, 0) is 43.6 Å². The van der Waals surface area contributed by atoms with Crippen LogP contribution in [-0.4, -0.2) is 36.5 Å². The molecule has 2 aliphatic heterocycles. The van der Waals surface area contributed by atoms with E-state index in [2.05, 4.69) is 40.5 Å². The van der Waals surface area contributed by atoms with Gasteiger partial charge in [-0.2, -0.15) is 0 Å². The number of fused-ring (bicyclic) bond motifs is 1. The summed E-state index contributed by atoms with van der Waals surface area (Å²) in [7, 11) is 0. The van der Waals surface area contributed by atoms with Gasteiger partial charge in [-0.25, -0.2) is 0 Å². The first-order chi connectivity index (χ1) is 12.3. The second-order valence-electron chi connectivity index (χ2n) is 6.96. The van der Waals surface area contributed by atoms with E-state index >= 15 is 0 Å². The highest BCUT2D eigenvalue weighted by molar-refractivity contribution is 5.97. The zero-order valence-electron chi connectivity index (χ0n) is 14.4. The highest BCUT2D eigenvalue weighted by atomic mass is 16.5. The van der Waals surface area contributed by atoms with Crippen LogP contribution in [0.25, 0.3) is 0 Å². The van der Waals surface area contributed by atoms with Crippen molar-refractivity contribution in [2.24, 2.45) is 5.92 Å². The number of rotatable bonds is 3. The third kappa shape index (κ3) is 3.69. The summed E-state index contributed by atoms with van der Waals surface area (Å²) in [5.41, 5.74) is 2.01. The Balaban J connectivity index is 1.37. The Morgan fingerprint density at radius 1 is 1.00 bits per heavy atom. The first kappa shape index (κ1) is 16.2. The average Bonchev–Trinajstić information content (AvgIpc) is 2.83. The molecule has 0 aliphatic carbocycles. The Hall–Kier alpha value is -2.33. The third-order valence-corrected chi connectivity index (χ3v) is 5.28. The van der Waals surface area contributed by atoms with Crippen molar-refractivity contribution in [1.82, 2.24) is 10.2 Å². The van der Waals surface area contributed by atoms with Crippen LogP contribution >= 0.6 is 0 Å². The molecule has 2 aromatic carbocycles. The molecule has 0 radical (unpaired) electrons. The van der Waals surface area contributed by atoms with Crippen LogP contribution in [0.1, 0.15) is 28.8 Å². The maximum atomic E-state index is 12.2. The third-order valence-electron chi connectivity index (χ3n) is 5.28. The SMILES string of the molecule is O=C1NC[C@H](C2CCN(Cc3ccccc3)CC2)Oc2ccccc21. The van der Waals surface area contributed by atoms with E-state index in [0.717, 1.165) is 32.5 Å². The van der Waals surface area contributed by atoms with Gasteiger partial charge in [-0.15, -0.1) is 0 Å². The summed E-state index contributed by atoms with van der Waals surface area (Å²) in [5.74, 6) is 1.17. The zero-order chi connectivity index (χ0) is 17.1. The summed E-state index contributed by atoms with van der Waals surface area (Å²) < 4.78 is 6.22. The highest BCUT2D eigenvalue weighted by Crippen LogP contribution is 2.28. The van der Waals surface area contributed by atoms with E-state index in [4.69, 9.17) is 4.74 Å². The van der Waals surface area contributed by atoms with Crippen molar-refractivity contribution < 1.29 is 9.53 Å². The van der Waals surface area contributed by atoms with E-state index in [-0.39, 0.29) is 12.0 Å². The van der Waals surface area contributed by atoms with Crippen LogP contribution in [0.4, 0.5) is 0 Å². The number of nitrogens with one attached hydrogen (secondary N) is 1. The van der Waals surface area contributed by atoms with Gasteiger partial charge in [-0.1, -0.05) is 42.5 Å². The average molecular weight is 336 g/mol. The Morgan fingerprint density at radius 3 is 2.52 bits per heavy atom. The van der Waals surface area contributed by atoms with Crippen LogP contribution in [-0.2, 0) is 6.54 Å². The lowest BCUT2D eigenvalue weighted by molar-refractivity contribution is 0.0748. The smallest absolute Gasteiger partial charge is 0.255 e. The number of para-hydroxylation sites is 1. The molecule has 25 heavy (non-hydrogen) atoms. The molecule has 1 saturated heterocycles. The zero-order valence-corrected chi connectivity index (χ0v) is 14.4. The van der Waals surface area contributed by atoms with Crippen LogP contribution in [0.15, 0.2) is 54.6 Å². The Labute approximate surface area is 148 Å². The van der Waals surface area contributed by atoms with Gasteiger partial charge in [-0.3, -0.25) is 9.69 Å². The van der Waals surface area contributed by atoms with Gasteiger partial charge in [0.15, 0.2) is 0 Å². The van der Waals surface area contributed by atoms with Gasteiger partial charge in [0.05, 0.1) is 12.1 Å².